The summed E-state index contributed by atoms with van der Waals surface area (Å²) < 4.78 is 1.84. The zero-order valence-corrected chi connectivity index (χ0v) is 18.8. The summed E-state index contributed by atoms with van der Waals surface area (Å²) >= 11 is 1.40. The lowest BCUT2D eigenvalue weighted by Crippen LogP contribution is -2.34. The predicted molar refractivity (Wildman–Crippen MR) is 125 cm³/mol. The van der Waals surface area contributed by atoms with Crippen LogP contribution < -0.4 is 16.2 Å². The lowest BCUT2D eigenvalue weighted by atomic mass is 9.88. The molecular weight excluding hydrogens is 408 g/mol. The highest BCUT2D eigenvalue weighted by atomic mass is 32.1. The number of amides is 2. The van der Waals surface area contributed by atoms with Crippen molar-refractivity contribution in [3.63, 3.8) is 0 Å². The monoisotopic (exact) mass is 436 g/mol. The Hall–Kier alpha value is -2.67. The minimum absolute atomic E-state index is 0.0152. The fourth-order valence-electron chi connectivity index (χ4n) is 4.87. The number of carbonyl (C=O) groups is 1. The van der Waals surface area contributed by atoms with Crippen LogP contribution in [0.15, 0.2) is 29.1 Å². The van der Waals surface area contributed by atoms with Crippen LogP contribution in [0.2, 0.25) is 0 Å². The molecule has 0 bridgehead atoms. The Labute approximate surface area is 185 Å². The van der Waals surface area contributed by atoms with Crippen molar-refractivity contribution in [3.8, 4) is 0 Å². The van der Waals surface area contributed by atoms with Gasteiger partial charge in [0, 0.05) is 13.0 Å². The van der Waals surface area contributed by atoms with E-state index in [1.54, 1.807) is 0 Å². The molecule has 1 aromatic carbocycles. The first-order valence-electron chi connectivity index (χ1n) is 11.2. The van der Waals surface area contributed by atoms with Gasteiger partial charge in [-0.05, 0) is 61.6 Å². The van der Waals surface area contributed by atoms with Gasteiger partial charge in [-0.15, -0.1) is 0 Å². The molecule has 1 aliphatic heterocycles. The third kappa shape index (κ3) is 3.76. The predicted octanol–water partition coefficient (Wildman–Crippen LogP) is 4.94. The van der Waals surface area contributed by atoms with Gasteiger partial charge in [-0.2, -0.15) is 0 Å². The van der Waals surface area contributed by atoms with E-state index >= 15 is 0 Å². The molecule has 2 amide bonds. The molecule has 0 spiro atoms. The van der Waals surface area contributed by atoms with Crippen molar-refractivity contribution in [2.24, 2.45) is 5.92 Å². The number of aromatic nitrogens is 2. The van der Waals surface area contributed by atoms with Gasteiger partial charge < -0.3 is 5.32 Å². The fraction of sp³-hybridized carbons (Fsp3) is 0.458. The van der Waals surface area contributed by atoms with Gasteiger partial charge in [-0.1, -0.05) is 42.5 Å². The summed E-state index contributed by atoms with van der Waals surface area (Å²) in [5.74, 6) is 1.48. The van der Waals surface area contributed by atoms with Gasteiger partial charge in [0.1, 0.15) is 15.7 Å². The van der Waals surface area contributed by atoms with E-state index in [2.05, 4.69) is 35.8 Å². The minimum atomic E-state index is -0.230. The van der Waals surface area contributed by atoms with Crippen molar-refractivity contribution >= 4 is 32.6 Å². The van der Waals surface area contributed by atoms with Gasteiger partial charge in [-0.25, -0.2) is 9.78 Å². The quantitative estimate of drug-likeness (QED) is 0.598. The van der Waals surface area contributed by atoms with Gasteiger partial charge in [0.25, 0.3) is 5.56 Å². The summed E-state index contributed by atoms with van der Waals surface area (Å²) in [7, 11) is 0. The van der Waals surface area contributed by atoms with Crippen LogP contribution in [0, 0.1) is 12.8 Å². The van der Waals surface area contributed by atoms with Crippen LogP contribution in [-0.2, 0) is 19.4 Å². The van der Waals surface area contributed by atoms with Crippen LogP contribution in [0.4, 0.5) is 9.80 Å². The molecule has 2 atom stereocenters. The maximum Gasteiger partial charge on any atom is 0.320 e. The van der Waals surface area contributed by atoms with Crippen LogP contribution in [0.5, 0.6) is 0 Å². The topological polar surface area (TPSA) is 76.0 Å². The van der Waals surface area contributed by atoms with E-state index in [0.717, 1.165) is 61.3 Å². The van der Waals surface area contributed by atoms with Crippen LogP contribution in [0.1, 0.15) is 61.2 Å². The summed E-state index contributed by atoms with van der Waals surface area (Å²) in [6.45, 7) is 4.85. The molecule has 0 fully saturated rings. The number of hydrogen-bond acceptors (Lipinski definition) is 4. The molecule has 0 unspecified atom stereocenters. The van der Waals surface area contributed by atoms with Crippen molar-refractivity contribution in [2.75, 3.05) is 5.32 Å². The van der Waals surface area contributed by atoms with E-state index in [0.29, 0.717) is 16.3 Å². The van der Waals surface area contributed by atoms with Crippen molar-refractivity contribution in [1.82, 2.24) is 14.9 Å². The Morgan fingerprint density at radius 3 is 2.90 bits per heavy atom. The molecule has 6 nitrogen and oxygen atoms in total. The first-order valence-corrected chi connectivity index (χ1v) is 12.0. The van der Waals surface area contributed by atoms with Gasteiger partial charge in [0.2, 0.25) is 0 Å². The average molecular weight is 437 g/mol. The molecule has 0 radical (unpaired) electrons. The fourth-order valence-corrected chi connectivity index (χ4v) is 5.96. The highest BCUT2D eigenvalue weighted by Crippen LogP contribution is 2.34. The number of urea groups is 1. The van der Waals surface area contributed by atoms with E-state index in [4.69, 9.17) is 4.98 Å². The molecule has 162 valence electrons. The molecule has 3 heterocycles. The molecule has 3 aromatic rings. The first kappa shape index (κ1) is 20.2. The van der Waals surface area contributed by atoms with Crippen LogP contribution in [0.3, 0.4) is 0 Å². The second-order valence-electron chi connectivity index (χ2n) is 8.90. The van der Waals surface area contributed by atoms with E-state index in [-0.39, 0.29) is 17.6 Å². The van der Waals surface area contributed by atoms with Gasteiger partial charge in [-0.3, -0.25) is 14.7 Å². The van der Waals surface area contributed by atoms with Crippen molar-refractivity contribution in [1.29, 1.82) is 0 Å². The SMILES string of the molecule is Cc1c(NC(=O)N[C@@H]2CCCc3ccccc32)sc2nc3n(c(=O)c12)CC[C@H](C)CC3. The molecule has 5 rings (SSSR count). The Morgan fingerprint density at radius 2 is 2.03 bits per heavy atom. The minimum Gasteiger partial charge on any atom is -0.331 e. The van der Waals surface area contributed by atoms with Gasteiger partial charge >= 0.3 is 6.03 Å². The molecular formula is C24H28N4O2S. The summed E-state index contributed by atoms with van der Waals surface area (Å²) in [5, 5.41) is 7.47. The number of nitrogens with zero attached hydrogens (tertiary/aromatic N) is 2. The second-order valence-corrected chi connectivity index (χ2v) is 9.89. The van der Waals surface area contributed by atoms with Crippen molar-refractivity contribution in [3.05, 3.63) is 57.1 Å². The number of benzene rings is 1. The number of thiophene rings is 1. The maximum absolute atomic E-state index is 13.2. The number of nitrogens with one attached hydrogen (secondary N) is 2. The largest absolute Gasteiger partial charge is 0.331 e. The molecule has 2 aromatic heterocycles. The molecule has 31 heavy (non-hydrogen) atoms. The van der Waals surface area contributed by atoms with Crippen LogP contribution in [0.25, 0.3) is 10.2 Å². The highest BCUT2D eigenvalue weighted by Gasteiger charge is 2.24. The summed E-state index contributed by atoms with van der Waals surface area (Å²) in [6.07, 6.45) is 5.94. The number of aryl methyl sites for hydroxylation is 3. The smallest absolute Gasteiger partial charge is 0.320 e. The Balaban J connectivity index is 1.40. The van der Waals surface area contributed by atoms with Crippen LogP contribution in [-0.4, -0.2) is 15.6 Å². The van der Waals surface area contributed by atoms with Gasteiger partial charge in [0.05, 0.1) is 11.4 Å². The Bertz CT molecular complexity index is 1210. The number of hydrogen-bond donors (Lipinski definition) is 2. The number of carbonyl (C=O) groups excluding carboxylic acids is 1. The van der Waals surface area contributed by atoms with Crippen molar-refractivity contribution < 1.29 is 4.79 Å². The van der Waals surface area contributed by atoms with Crippen LogP contribution >= 0.6 is 11.3 Å². The lowest BCUT2D eigenvalue weighted by molar-refractivity contribution is 0.247. The van der Waals surface area contributed by atoms with Crippen molar-refractivity contribution in [2.45, 2.75) is 65.0 Å². The summed E-state index contributed by atoms with van der Waals surface area (Å²) in [5.41, 5.74) is 3.35. The summed E-state index contributed by atoms with van der Waals surface area (Å²) in [4.78, 5) is 31.6. The standard InChI is InChI=1S/C24H28N4O2S/c1-14-10-11-19-26-22-20(23(29)28(19)13-12-14)15(2)21(31-22)27-24(30)25-18-9-5-7-16-6-3-4-8-17(16)18/h3-4,6,8,14,18H,5,7,9-13H2,1-2H3,(H2,25,27,30)/t14-,18-/m1/s1. The molecule has 0 saturated carbocycles. The van der Waals surface area contributed by atoms with E-state index < -0.39 is 0 Å². The maximum atomic E-state index is 13.2. The molecule has 2 aliphatic rings. The third-order valence-corrected chi connectivity index (χ3v) is 7.84. The summed E-state index contributed by atoms with van der Waals surface area (Å²) in [6, 6.07) is 8.10. The normalized spacial score (nSPS) is 20.6. The molecule has 7 heteroatoms. The van der Waals surface area contributed by atoms with Gasteiger partial charge in [0.15, 0.2) is 0 Å². The molecule has 0 saturated heterocycles. The highest BCUT2D eigenvalue weighted by molar-refractivity contribution is 7.22. The second kappa shape index (κ2) is 8.11. The average Bonchev–Trinajstić information content (AvgIpc) is 2.93. The molecule has 1 aliphatic carbocycles. The zero-order chi connectivity index (χ0) is 21.5. The number of fused-ring (bicyclic) bond motifs is 3. The number of rotatable bonds is 2. The molecule has 2 N–H and O–H groups in total. The Kier molecular flexibility index (Phi) is 5.30. The van der Waals surface area contributed by atoms with E-state index in [9.17, 15) is 9.59 Å². The first-order chi connectivity index (χ1) is 15.0. The Morgan fingerprint density at radius 1 is 1.19 bits per heavy atom. The van der Waals surface area contributed by atoms with E-state index in [1.807, 2.05) is 17.6 Å². The number of anilines is 1. The third-order valence-electron chi connectivity index (χ3n) is 6.74. The zero-order valence-electron chi connectivity index (χ0n) is 18.0. The lowest BCUT2D eigenvalue weighted by Gasteiger charge is -2.26. The van der Waals surface area contributed by atoms with E-state index in [1.165, 1.54) is 22.5 Å².